The minimum absolute atomic E-state index is 1.19. The molecule has 0 saturated carbocycles. The molecule has 4 aromatic heterocycles. The summed E-state index contributed by atoms with van der Waals surface area (Å²) in [5.41, 5.74) is 12.5. The van der Waals surface area contributed by atoms with E-state index in [9.17, 15) is 0 Å². The quantitative estimate of drug-likeness (QED) is 0.192. The summed E-state index contributed by atoms with van der Waals surface area (Å²) in [6.45, 7) is 0. The van der Waals surface area contributed by atoms with Crippen LogP contribution in [0.2, 0.25) is 0 Å². The maximum absolute atomic E-state index is 2.46. The molecule has 214 valence electrons. The van der Waals surface area contributed by atoms with E-state index in [4.69, 9.17) is 0 Å². The van der Waals surface area contributed by atoms with Crippen molar-refractivity contribution < 1.29 is 0 Å². The van der Waals surface area contributed by atoms with Crippen molar-refractivity contribution >= 4 is 81.7 Å². The molecule has 4 heterocycles. The minimum Gasteiger partial charge on any atom is -0.344 e. The van der Waals surface area contributed by atoms with Crippen LogP contribution in [0.5, 0.6) is 0 Å². The normalized spacial score (nSPS) is 12.5. The molecule has 3 nitrogen and oxygen atoms in total. The summed E-state index contributed by atoms with van der Waals surface area (Å²) in [5, 5.41) is 10.3. The Hall–Kier alpha value is -6.06. The molecule has 11 rings (SSSR count). The van der Waals surface area contributed by atoms with Crippen molar-refractivity contribution in [1.29, 1.82) is 0 Å². The molecule has 0 unspecified atom stereocenters. The summed E-state index contributed by atoms with van der Waals surface area (Å²) in [5.74, 6) is 0. The van der Waals surface area contributed by atoms with E-state index >= 15 is 0 Å². The molecule has 3 heteroatoms. The Kier molecular flexibility index (Phi) is 4.52. The number of rotatable bonds is 2. The van der Waals surface area contributed by atoms with E-state index in [-0.39, 0.29) is 0 Å². The summed E-state index contributed by atoms with van der Waals surface area (Å²) in [6, 6.07) is 53.9. The molecule has 0 spiro atoms. The molecule has 0 saturated heterocycles. The smallest absolute Gasteiger partial charge is 0.0622 e. The van der Waals surface area contributed by atoms with Crippen LogP contribution in [0, 0.1) is 0 Å². The summed E-state index contributed by atoms with van der Waals surface area (Å²) < 4.78 is 7.21. The summed E-state index contributed by atoms with van der Waals surface area (Å²) in [7, 11) is 2.16. The molecule has 46 heavy (non-hydrogen) atoms. The van der Waals surface area contributed by atoms with E-state index in [0.717, 1.165) is 0 Å². The molecular weight excluding hydrogens is 558 g/mol. The fourth-order valence-corrected chi connectivity index (χ4v) is 8.34. The molecule has 0 N–H and O–H groups in total. The van der Waals surface area contributed by atoms with Crippen molar-refractivity contribution in [2.24, 2.45) is 7.05 Å². The van der Waals surface area contributed by atoms with E-state index in [1.807, 2.05) is 0 Å². The fourth-order valence-electron chi connectivity index (χ4n) is 8.34. The van der Waals surface area contributed by atoms with Gasteiger partial charge in [-0.1, -0.05) is 84.9 Å². The lowest BCUT2D eigenvalue weighted by molar-refractivity contribution is 1.01. The Bertz CT molecular complexity index is 2960. The van der Waals surface area contributed by atoms with E-state index in [1.165, 1.54) is 98.5 Å². The van der Waals surface area contributed by atoms with Crippen molar-refractivity contribution in [3.05, 3.63) is 146 Å². The average molecular weight is 586 g/mol. The van der Waals surface area contributed by atoms with E-state index in [1.54, 1.807) is 0 Å². The number of hydrogen-bond donors (Lipinski definition) is 0. The second-order valence-electron chi connectivity index (χ2n) is 12.7. The van der Waals surface area contributed by atoms with Gasteiger partial charge in [0.1, 0.15) is 0 Å². The third-order valence-electron chi connectivity index (χ3n) is 10.4. The highest BCUT2D eigenvalue weighted by Gasteiger charge is 2.20. The lowest BCUT2D eigenvalue weighted by atomic mass is 10.0. The van der Waals surface area contributed by atoms with Gasteiger partial charge in [-0.15, -0.1) is 0 Å². The van der Waals surface area contributed by atoms with Crippen molar-refractivity contribution in [3.63, 3.8) is 0 Å². The van der Waals surface area contributed by atoms with Crippen LogP contribution in [0.4, 0.5) is 0 Å². The van der Waals surface area contributed by atoms with Gasteiger partial charge in [0.25, 0.3) is 0 Å². The van der Waals surface area contributed by atoms with Crippen LogP contribution in [-0.4, -0.2) is 13.5 Å². The molecule has 11 aromatic rings. The number of nitrogens with zero attached hydrogens (tertiary/aromatic N) is 3. The van der Waals surface area contributed by atoms with Crippen molar-refractivity contribution in [3.8, 4) is 16.8 Å². The maximum atomic E-state index is 2.46. The zero-order valence-electron chi connectivity index (χ0n) is 25.2. The number of benzene rings is 7. The van der Waals surface area contributed by atoms with Gasteiger partial charge in [-0.2, -0.15) is 0 Å². The number of para-hydroxylation sites is 4. The topological polar surface area (TPSA) is 14.3 Å². The van der Waals surface area contributed by atoms with Crippen molar-refractivity contribution in [1.82, 2.24) is 13.5 Å². The van der Waals surface area contributed by atoms with Gasteiger partial charge in [-0.3, -0.25) is 0 Å². The van der Waals surface area contributed by atoms with E-state index in [0.29, 0.717) is 0 Å². The Morgan fingerprint density at radius 1 is 0.348 bits per heavy atom. The molecule has 0 aliphatic heterocycles. The predicted octanol–water partition coefficient (Wildman–Crippen LogP) is 11.2. The van der Waals surface area contributed by atoms with Crippen LogP contribution in [-0.2, 0) is 7.05 Å². The monoisotopic (exact) mass is 585 g/mol. The fraction of sp³-hybridized carbons (Fsp3) is 0.0233. The molecule has 0 atom stereocenters. The first-order valence-corrected chi connectivity index (χ1v) is 15.9. The largest absolute Gasteiger partial charge is 0.344 e. The second-order valence-corrected chi connectivity index (χ2v) is 12.7. The van der Waals surface area contributed by atoms with Gasteiger partial charge in [0.05, 0.1) is 27.6 Å². The highest BCUT2D eigenvalue weighted by atomic mass is 15.0. The van der Waals surface area contributed by atoms with Gasteiger partial charge in [0, 0.05) is 66.9 Å². The summed E-state index contributed by atoms with van der Waals surface area (Å²) in [4.78, 5) is 0. The van der Waals surface area contributed by atoms with Crippen LogP contribution in [0.25, 0.3) is 98.5 Å². The zero-order valence-corrected chi connectivity index (χ0v) is 25.2. The van der Waals surface area contributed by atoms with Crippen LogP contribution in [0.1, 0.15) is 0 Å². The summed E-state index contributed by atoms with van der Waals surface area (Å²) in [6.07, 6.45) is 0. The van der Waals surface area contributed by atoms with Gasteiger partial charge >= 0.3 is 0 Å². The van der Waals surface area contributed by atoms with Crippen molar-refractivity contribution in [2.45, 2.75) is 0 Å². The molecular formula is C43H27N3. The minimum atomic E-state index is 1.19. The highest BCUT2D eigenvalue weighted by Crippen LogP contribution is 2.43. The lowest BCUT2D eigenvalue weighted by Crippen LogP contribution is -1.94. The molecule has 0 amide bonds. The van der Waals surface area contributed by atoms with Crippen LogP contribution in [0.3, 0.4) is 0 Å². The van der Waals surface area contributed by atoms with E-state index < -0.39 is 0 Å². The number of hydrogen-bond acceptors (Lipinski definition) is 0. The maximum Gasteiger partial charge on any atom is 0.0622 e. The lowest BCUT2D eigenvalue weighted by Gasteiger charge is -2.10. The third-order valence-corrected chi connectivity index (χ3v) is 10.4. The van der Waals surface area contributed by atoms with E-state index in [2.05, 4.69) is 166 Å². The third kappa shape index (κ3) is 2.97. The Labute approximate surface area is 264 Å². The Balaban J connectivity index is 1.19. The first kappa shape index (κ1) is 24.3. The van der Waals surface area contributed by atoms with Crippen molar-refractivity contribution in [2.75, 3.05) is 0 Å². The second kappa shape index (κ2) is 8.56. The molecule has 0 aliphatic carbocycles. The van der Waals surface area contributed by atoms with Gasteiger partial charge in [-0.05, 0) is 71.8 Å². The Morgan fingerprint density at radius 3 is 1.37 bits per heavy atom. The van der Waals surface area contributed by atoms with Gasteiger partial charge in [-0.25, -0.2) is 0 Å². The molecule has 0 aliphatic rings. The van der Waals surface area contributed by atoms with Crippen LogP contribution >= 0.6 is 0 Å². The predicted molar refractivity (Wildman–Crippen MR) is 195 cm³/mol. The number of aromatic nitrogens is 3. The molecule has 0 fully saturated rings. The van der Waals surface area contributed by atoms with Gasteiger partial charge in [0.15, 0.2) is 0 Å². The van der Waals surface area contributed by atoms with Gasteiger partial charge in [0.2, 0.25) is 0 Å². The average Bonchev–Trinajstić information content (AvgIpc) is 3.82. The molecule has 7 aromatic carbocycles. The summed E-state index contributed by atoms with van der Waals surface area (Å²) >= 11 is 0. The zero-order chi connectivity index (χ0) is 30.1. The number of aryl methyl sites for hydroxylation is 1. The highest BCUT2D eigenvalue weighted by molar-refractivity contribution is 6.24. The van der Waals surface area contributed by atoms with Crippen LogP contribution < -0.4 is 0 Å². The number of fused-ring (bicyclic) bond motifs is 12. The molecule has 0 radical (unpaired) electrons. The Morgan fingerprint density at radius 2 is 0.761 bits per heavy atom. The first-order chi connectivity index (χ1) is 22.7. The first-order valence-electron chi connectivity index (χ1n) is 15.9. The SMILES string of the molecule is Cn1c2ccccc2c2cc(-c3ccc4c(c3)c3ccccc3n4-c3cc4c5ccccc5n5c6ccccc6c(c3)c45)ccc21. The van der Waals surface area contributed by atoms with Gasteiger partial charge < -0.3 is 13.5 Å². The van der Waals surface area contributed by atoms with Crippen LogP contribution in [0.15, 0.2) is 146 Å². The molecule has 0 bridgehead atoms. The standard InChI is InChI=1S/C43H27N3/c1-44-37-14-6-2-10-29(37)33-22-26(18-20-38(33)44)27-19-21-42-34(23-27)30-11-3-7-15-39(30)45(42)28-24-35-31-12-4-8-16-40(31)46-41-17-9-5-13-32(41)36(25-28)43(35)46/h2-25H,1H3.